The molecule has 0 aromatic heterocycles. The summed E-state index contributed by atoms with van der Waals surface area (Å²) in [5.74, 6) is -0.140. The van der Waals surface area contributed by atoms with E-state index in [2.05, 4.69) is 37.3 Å². The van der Waals surface area contributed by atoms with Crippen molar-refractivity contribution < 1.29 is 19.0 Å². The molecule has 0 radical (unpaired) electrons. The van der Waals surface area contributed by atoms with Crippen LogP contribution < -0.4 is 0 Å². The van der Waals surface area contributed by atoms with Gasteiger partial charge in [0.15, 0.2) is 6.29 Å². The molecule has 2 rings (SSSR count). The minimum absolute atomic E-state index is 0.140. The molecule has 0 heterocycles. The van der Waals surface area contributed by atoms with E-state index in [9.17, 15) is 4.79 Å². The standard InChI is InChI=1S/C23H32O4/c1-5-13-23(3,6-2)22(24)27-15-14-26-21(25-4)17-18-11-12-19-9-7-8-10-20(19)16-18/h7-12,16,21H,5-6,13-15,17H2,1-4H3. The quantitative estimate of drug-likeness (QED) is 0.312. The van der Waals surface area contributed by atoms with Gasteiger partial charge < -0.3 is 14.2 Å². The van der Waals surface area contributed by atoms with Crippen LogP contribution in [0.2, 0.25) is 0 Å². The van der Waals surface area contributed by atoms with Gasteiger partial charge in [0.2, 0.25) is 0 Å². The van der Waals surface area contributed by atoms with Crippen LogP contribution in [-0.2, 0) is 25.4 Å². The lowest BCUT2D eigenvalue weighted by Crippen LogP contribution is -2.30. The van der Waals surface area contributed by atoms with Crippen LogP contribution in [0.15, 0.2) is 42.5 Å². The van der Waals surface area contributed by atoms with Crippen molar-refractivity contribution in [2.24, 2.45) is 5.41 Å². The monoisotopic (exact) mass is 372 g/mol. The number of carbonyl (C=O) groups is 1. The number of rotatable bonds is 11. The van der Waals surface area contributed by atoms with E-state index >= 15 is 0 Å². The van der Waals surface area contributed by atoms with Crippen molar-refractivity contribution in [3.63, 3.8) is 0 Å². The Bertz CT molecular complexity index is 727. The molecule has 0 N–H and O–H groups in total. The van der Waals surface area contributed by atoms with Gasteiger partial charge in [-0.25, -0.2) is 0 Å². The van der Waals surface area contributed by atoms with Gasteiger partial charge in [0.25, 0.3) is 0 Å². The second-order valence-electron chi connectivity index (χ2n) is 7.22. The van der Waals surface area contributed by atoms with Crippen molar-refractivity contribution >= 4 is 16.7 Å². The number of fused-ring (bicyclic) bond motifs is 1. The first-order valence-electron chi connectivity index (χ1n) is 9.81. The zero-order chi connectivity index (χ0) is 19.7. The van der Waals surface area contributed by atoms with Gasteiger partial charge in [-0.3, -0.25) is 4.79 Å². The fourth-order valence-corrected chi connectivity index (χ4v) is 3.23. The molecule has 27 heavy (non-hydrogen) atoms. The van der Waals surface area contributed by atoms with Crippen LogP contribution in [0.3, 0.4) is 0 Å². The number of esters is 1. The van der Waals surface area contributed by atoms with E-state index in [0.717, 1.165) is 24.8 Å². The maximum Gasteiger partial charge on any atom is 0.311 e. The van der Waals surface area contributed by atoms with Crippen LogP contribution in [-0.4, -0.2) is 32.6 Å². The predicted molar refractivity (Wildman–Crippen MR) is 109 cm³/mol. The first-order chi connectivity index (χ1) is 13.0. The Morgan fingerprint density at radius 2 is 1.81 bits per heavy atom. The molecule has 0 fully saturated rings. The Hall–Kier alpha value is -1.91. The van der Waals surface area contributed by atoms with Gasteiger partial charge in [-0.05, 0) is 36.1 Å². The molecule has 0 amide bonds. The summed E-state index contributed by atoms with van der Waals surface area (Å²) < 4.78 is 16.6. The fourth-order valence-electron chi connectivity index (χ4n) is 3.23. The number of benzene rings is 2. The molecule has 2 unspecified atom stereocenters. The highest BCUT2D eigenvalue weighted by atomic mass is 16.7. The first-order valence-corrected chi connectivity index (χ1v) is 9.81. The van der Waals surface area contributed by atoms with Crippen LogP contribution >= 0.6 is 0 Å². The summed E-state index contributed by atoms with van der Waals surface area (Å²) in [4.78, 5) is 12.3. The summed E-state index contributed by atoms with van der Waals surface area (Å²) in [7, 11) is 1.63. The highest BCUT2D eigenvalue weighted by Gasteiger charge is 2.31. The third-order valence-electron chi connectivity index (χ3n) is 5.17. The summed E-state index contributed by atoms with van der Waals surface area (Å²) in [5.41, 5.74) is 0.750. The zero-order valence-corrected chi connectivity index (χ0v) is 17.0. The highest BCUT2D eigenvalue weighted by molar-refractivity contribution is 5.83. The Morgan fingerprint density at radius 3 is 2.48 bits per heavy atom. The molecule has 0 aliphatic carbocycles. The molecule has 2 aromatic carbocycles. The lowest BCUT2D eigenvalue weighted by Gasteiger charge is -2.25. The smallest absolute Gasteiger partial charge is 0.311 e. The molecular formula is C23H32O4. The normalized spacial score (nSPS) is 14.7. The molecular weight excluding hydrogens is 340 g/mol. The van der Waals surface area contributed by atoms with E-state index in [0.29, 0.717) is 13.0 Å². The molecule has 0 bridgehead atoms. The molecule has 0 saturated heterocycles. The van der Waals surface area contributed by atoms with Crippen molar-refractivity contribution in [3.05, 3.63) is 48.0 Å². The average molecular weight is 373 g/mol. The Balaban J connectivity index is 1.82. The summed E-state index contributed by atoms with van der Waals surface area (Å²) in [6.07, 6.45) is 2.87. The van der Waals surface area contributed by atoms with Gasteiger partial charge in [-0.1, -0.05) is 62.7 Å². The summed E-state index contributed by atoms with van der Waals surface area (Å²) in [5, 5.41) is 2.42. The van der Waals surface area contributed by atoms with E-state index in [1.165, 1.54) is 10.8 Å². The summed E-state index contributed by atoms with van der Waals surface area (Å²) in [6.45, 7) is 6.65. The van der Waals surface area contributed by atoms with Crippen LogP contribution in [0.1, 0.15) is 45.6 Å². The van der Waals surface area contributed by atoms with Crippen molar-refractivity contribution in [2.75, 3.05) is 20.3 Å². The van der Waals surface area contributed by atoms with Crippen molar-refractivity contribution in [1.29, 1.82) is 0 Å². The largest absolute Gasteiger partial charge is 0.463 e. The van der Waals surface area contributed by atoms with E-state index < -0.39 is 5.41 Å². The number of methoxy groups -OCH3 is 1. The van der Waals surface area contributed by atoms with E-state index in [4.69, 9.17) is 14.2 Å². The number of hydrogen-bond donors (Lipinski definition) is 0. The summed E-state index contributed by atoms with van der Waals surface area (Å²) in [6, 6.07) is 14.6. The predicted octanol–water partition coefficient (Wildman–Crippen LogP) is 5.13. The molecule has 4 heteroatoms. The van der Waals surface area contributed by atoms with Crippen LogP contribution in [0.5, 0.6) is 0 Å². The highest BCUT2D eigenvalue weighted by Crippen LogP contribution is 2.28. The van der Waals surface area contributed by atoms with Crippen molar-refractivity contribution in [2.45, 2.75) is 52.7 Å². The second kappa shape index (κ2) is 10.4. The topological polar surface area (TPSA) is 44.8 Å². The molecule has 0 spiro atoms. The Kier molecular flexibility index (Phi) is 8.26. The summed E-state index contributed by atoms with van der Waals surface area (Å²) >= 11 is 0. The number of hydrogen-bond acceptors (Lipinski definition) is 4. The van der Waals surface area contributed by atoms with E-state index in [1.807, 2.05) is 26.0 Å². The van der Waals surface area contributed by atoms with Gasteiger partial charge >= 0.3 is 5.97 Å². The van der Waals surface area contributed by atoms with E-state index in [1.54, 1.807) is 7.11 Å². The maximum absolute atomic E-state index is 12.3. The zero-order valence-electron chi connectivity index (χ0n) is 17.0. The molecule has 2 atom stereocenters. The minimum Gasteiger partial charge on any atom is -0.463 e. The first kappa shape index (κ1) is 21.4. The molecule has 0 aliphatic heterocycles. The number of carbonyl (C=O) groups excluding carboxylic acids is 1. The fraction of sp³-hybridized carbons (Fsp3) is 0.522. The van der Waals surface area contributed by atoms with Crippen molar-refractivity contribution in [1.82, 2.24) is 0 Å². The second-order valence-corrected chi connectivity index (χ2v) is 7.22. The SMILES string of the molecule is CCCC(C)(CC)C(=O)OCCOC(Cc1ccc2ccccc2c1)OC. The Labute approximate surface area is 162 Å². The lowest BCUT2D eigenvalue weighted by atomic mass is 9.83. The molecule has 0 saturated carbocycles. The minimum atomic E-state index is -0.402. The van der Waals surface area contributed by atoms with Crippen LogP contribution in [0.25, 0.3) is 10.8 Å². The average Bonchev–Trinajstić information content (AvgIpc) is 2.69. The third-order valence-corrected chi connectivity index (χ3v) is 5.17. The maximum atomic E-state index is 12.3. The molecule has 2 aromatic rings. The lowest BCUT2D eigenvalue weighted by molar-refractivity contribution is -0.164. The van der Waals surface area contributed by atoms with Gasteiger partial charge in [0.05, 0.1) is 12.0 Å². The molecule has 4 nitrogen and oxygen atoms in total. The Morgan fingerprint density at radius 1 is 1.07 bits per heavy atom. The van der Waals surface area contributed by atoms with Gasteiger partial charge in [-0.15, -0.1) is 0 Å². The van der Waals surface area contributed by atoms with Gasteiger partial charge in [-0.2, -0.15) is 0 Å². The number of ether oxygens (including phenoxy) is 3. The molecule has 0 aliphatic rings. The van der Waals surface area contributed by atoms with Crippen molar-refractivity contribution in [3.8, 4) is 0 Å². The van der Waals surface area contributed by atoms with Gasteiger partial charge in [0, 0.05) is 13.5 Å². The van der Waals surface area contributed by atoms with Gasteiger partial charge in [0.1, 0.15) is 6.61 Å². The molecule has 148 valence electrons. The third kappa shape index (κ3) is 6.05. The van der Waals surface area contributed by atoms with Crippen LogP contribution in [0.4, 0.5) is 0 Å². The van der Waals surface area contributed by atoms with Crippen LogP contribution in [0, 0.1) is 5.41 Å². The van der Waals surface area contributed by atoms with E-state index in [-0.39, 0.29) is 18.9 Å².